The summed E-state index contributed by atoms with van der Waals surface area (Å²) in [5.41, 5.74) is 1.04. The Bertz CT molecular complexity index is 686. The molecule has 0 aliphatic carbocycles. The summed E-state index contributed by atoms with van der Waals surface area (Å²) >= 11 is 3.37. The molecule has 114 valence electrons. The van der Waals surface area contributed by atoms with E-state index in [0.29, 0.717) is 13.1 Å². The first-order valence-corrected chi connectivity index (χ1v) is 10.3. The predicted molar refractivity (Wildman–Crippen MR) is 87.1 cm³/mol. The summed E-state index contributed by atoms with van der Waals surface area (Å²) in [6, 6.07) is 4.11. The first-order valence-electron chi connectivity index (χ1n) is 6.68. The Kier molecular flexibility index (Phi) is 4.41. The maximum Gasteiger partial charge on any atom is 0.211 e. The third-order valence-corrected chi connectivity index (χ3v) is 6.51. The summed E-state index contributed by atoms with van der Waals surface area (Å²) in [7, 11) is -3.05. The molecule has 1 saturated heterocycles. The van der Waals surface area contributed by atoms with Crippen LogP contribution in [-0.4, -0.2) is 55.0 Å². The molecule has 2 aromatic heterocycles. The summed E-state index contributed by atoms with van der Waals surface area (Å²) in [4.78, 5) is 8.13. The van der Waals surface area contributed by atoms with Crippen LogP contribution in [0.3, 0.4) is 0 Å². The van der Waals surface area contributed by atoms with E-state index in [1.165, 1.54) is 11.1 Å². The molecule has 2 aromatic rings. The number of thiophene rings is 1. The first-order chi connectivity index (χ1) is 10.0. The lowest BCUT2D eigenvalue weighted by Gasteiger charge is -2.32. The lowest BCUT2D eigenvalue weighted by molar-refractivity contribution is 0.182. The van der Waals surface area contributed by atoms with Crippen LogP contribution in [0.25, 0.3) is 10.6 Å². The molecule has 0 unspecified atom stereocenters. The van der Waals surface area contributed by atoms with Crippen LogP contribution in [0.2, 0.25) is 0 Å². The van der Waals surface area contributed by atoms with Gasteiger partial charge in [0.1, 0.15) is 5.01 Å². The Hall–Kier alpha value is -0.800. The van der Waals surface area contributed by atoms with Gasteiger partial charge in [-0.15, -0.1) is 22.7 Å². The number of aromatic nitrogens is 1. The van der Waals surface area contributed by atoms with Gasteiger partial charge in [-0.05, 0) is 11.4 Å². The maximum absolute atomic E-state index is 11.5. The Morgan fingerprint density at radius 2 is 2.00 bits per heavy atom. The monoisotopic (exact) mass is 343 g/mol. The van der Waals surface area contributed by atoms with Gasteiger partial charge in [-0.25, -0.2) is 13.4 Å². The molecule has 3 heterocycles. The van der Waals surface area contributed by atoms with Crippen molar-refractivity contribution in [2.24, 2.45) is 0 Å². The zero-order chi connectivity index (χ0) is 14.9. The van der Waals surface area contributed by atoms with Crippen LogP contribution < -0.4 is 0 Å². The number of hydrogen-bond acceptors (Lipinski definition) is 6. The van der Waals surface area contributed by atoms with Gasteiger partial charge in [0.2, 0.25) is 10.0 Å². The summed E-state index contributed by atoms with van der Waals surface area (Å²) in [5, 5.41) is 5.23. The molecule has 0 spiro atoms. The smallest absolute Gasteiger partial charge is 0.211 e. The van der Waals surface area contributed by atoms with Crippen LogP contribution in [0.4, 0.5) is 0 Å². The molecule has 0 saturated carbocycles. The topological polar surface area (TPSA) is 53.5 Å². The van der Waals surface area contributed by atoms with Gasteiger partial charge in [0.25, 0.3) is 0 Å². The molecule has 8 heteroatoms. The minimum Gasteiger partial charge on any atom is -0.294 e. The number of thiazole rings is 1. The van der Waals surface area contributed by atoms with Gasteiger partial charge in [-0.2, -0.15) is 4.31 Å². The molecule has 5 nitrogen and oxygen atoms in total. The Labute approximate surface area is 132 Å². The van der Waals surface area contributed by atoms with Crippen LogP contribution in [0, 0.1) is 0 Å². The van der Waals surface area contributed by atoms with E-state index in [2.05, 4.69) is 26.7 Å². The summed E-state index contributed by atoms with van der Waals surface area (Å²) in [6.45, 7) is 3.47. The molecule has 1 aliphatic rings. The normalized spacial score (nSPS) is 18.1. The highest BCUT2D eigenvalue weighted by atomic mass is 32.2. The van der Waals surface area contributed by atoms with E-state index in [9.17, 15) is 8.42 Å². The third kappa shape index (κ3) is 3.70. The molecule has 1 aliphatic heterocycles. The van der Waals surface area contributed by atoms with Crippen LogP contribution in [0.5, 0.6) is 0 Å². The Morgan fingerprint density at radius 3 is 2.62 bits per heavy atom. The molecule has 0 aromatic carbocycles. The van der Waals surface area contributed by atoms with Gasteiger partial charge in [-0.1, -0.05) is 6.07 Å². The predicted octanol–water partition coefficient (Wildman–Crippen LogP) is 1.95. The Balaban J connectivity index is 1.59. The van der Waals surface area contributed by atoms with Crippen LogP contribution in [0.15, 0.2) is 22.9 Å². The zero-order valence-electron chi connectivity index (χ0n) is 11.7. The van der Waals surface area contributed by atoms with E-state index < -0.39 is 10.0 Å². The van der Waals surface area contributed by atoms with Crippen LogP contribution in [0.1, 0.15) is 5.01 Å². The van der Waals surface area contributed by atoms with Crippen molar-refractivity contribution in [3.63, 3.8) is 0 Å². The molecule has 0 N–H and O–H groups in total. The number of piperazine rings is 1. The van der Waals surface area contributed by atoms with Crippen molar-refractivity contribution in [3.8, 4) is 10.6 Å². The second-order valence-electron chi connectivity index (χ2n) is 5.04. The minimum atomic E-state index is -3.05. The third-order valence-electron chi connectivity index (χ3n) is 3.48. The molecule has 0 amide bonds. The average molecular weight is 343 g/mol. The zero-order valence-corrected chi connectivity index (χ0v) is 14.2. The van der Waals surface area contributed by atoms with Crippen molar-refractivity contribution >= 4 is 32.7 Å². The molecule has 21 heavy (non-hydrogen) atoms. The molecule has 0 atom stereocenters. The van der Waals surface area contributed by atoms with Gasteiger partial charge in [-0.3, -0.25) is 4.90 Å². The van der Waals surface area contributed by atoms with E-state index in [0.717, 1.165) is 30.3 Å². The van der Waals surface area contributed by atoms with Gasteiger partial charge in [0.05, 0.1) is 23.4 Å². The van der Waals surface area contributed by atoms with E-state index in [1.807, 2.05) is 6.07 Å². The maximum atomic E-state index is 11.5. The largest absolute Gasteiger partial charge is 0.294 e. The Morgan fingerprint density at radius 1 is 1.24 bits per heavy atom. The second-order valence-corrected chi connectivity index (χ2v) is 8.91. The number of nitrogens with zero attached hydrogens (tertiary/aromatic N) is 3. The summed E-state index contributed by atoms with van der Waals surface area (Å²) in [6.07, 6.45) is 1.27. The molecular weight excluding hydrogens is 326 g/mol. The lowest BCUT2D eigenvalue weighted by atomic mass is 10.3. The minimum absolute atomic E-state index is 0.571. The highest BCUT2D eigenvalue weighted by Crippen LogP contribution is 2.26. The standard InChI is InChI=1S/C13H17N3O2S3/c1-21(17,18)16-6-4-15(5-7-16)9-13-14-11(10-20-13)12-3-2-8-19-12/h2-3,8,10H,4-7,9H2,1H3. The van der Waals surface area contributed by atoms with E-state index in [-0.39, 0.29) is 0 Å². The number of hydrogen-bond donors (Lipinski definition) is 0. The molecule has 3 rings (SSSR count). The first kappa shape index (κ1) is 15.1. The molecule has 0 bridgehead atoms. The fourth-order valence-corrected chi connectivity index (χ4v) is 4.75. The second kappa shape index (κ2) is 6.13. The van der Waals surface area contributed by atoms with Gasteiger partial charge in [0, 0.05) is 31.6 Å². The molecule has 0 radical (unpaired) electrons. The summed E-state index contributed by atoms with van der Waals surface area (Å²) < 4.78 is 24.5. The highest BCUT2D eigenvalue weighted by molar-refractivity contribution is 7.88. The van der Waals surface area contributed by atoms with Crippen molar-refractivity contribution < 1.29 is 8.42 Å². The number of sulfonamides is 1. The van der Waals surface area contributed by atoms with Gasteiger partial charge in [0.15, 0.2) is 0 Å². The average Bonchev–Trinajstić information content (AvgIpc) is 3.08. The van der Waals surface area contributed by atoms with Crippen molar-refractivity contribution in [3.05, 3.63) is 27.9 Å². The van der Waals surface area contributed by atoms with Crippen molar-refractivity contribution in [2.45, 2.75) is 6.54 Å². The number of rotatable bonds is 4. The fraction of sp³-hybridized carbons (Fsp3) is 0.462. The van der Waals surface area contributed by atoms with Gasteiger partial charge < -0.3 is 0 Å². The van der Waals surface area contributed by atoms with Gasteiger partial charge >= 0.3 is 0 Å². The van der Waals surface area contributed by atoms with Crippen molar-refractivity contribution in [2.75, 3.05) is 32.4 Å². The van der Waals surface area contributed by atoms with Crippen LogP contribution >= 0.6 is 22.7 Å². The van der Waals surface area contributed by atoms with E-state index >= 15 is 0 Å². The highest BCUT2D eigenvalue weighted by Gasteiger charge is 2.23. The summed E-state index contributed by atoms with van der Waals surface area (Å²) in [5.74, 6) is 0. The molecular formula is C13H17N3O2S3. The quantitative estimate of drug-likeness (QED) is 0.851. The van der Waals surface area contributed by atoms with E-state index in [4.69, 9.17) is 0 Å². The van der Waals surface area contributed by atoms with E-state index in [1.54, 1.807) is 27.0 Å². The molecule has 1 fully saturated rings. The van der Waals surface area contributed by atoms with Crippen molar-refractivity contribution in [1.82, 2.24) is 14.2 Å². The van der Waals surface area contributed by atoms with Crippen LogP contribution in [-0.2, 0) is 16.6 Å². The SMILES string of the molecule is CS(=O)(=O)N1CCN(Cc2nc(-c3cccs3)cs2)CC1. The lowest BCUT2D eigenvalue weighted by Crippen LogP contribution is -2.47. The fourth-order valence-electron chi connectivity index (χ4n) is 2.33. The van der Waals surface area contributed by atoms with Crippen molar-refractivity contribution in [1.29, 1.82) is 0 Å².